The molecule has 1 fully saturated rings. The van der Waals surface area contributed by atoms with Crippen LogP contribution in [0.15, 0.2) is 85.3 Å². The lowest BCUT2D eigenvalue weighted by Crippen LogP contribution is -2.40. The zero-order valence-electron chi connectivity index (χ0n) is 19.0. The van der Waals surface area contributed by atoms with Crippen LogP contribution in [0.2, 0.25) is 0 Å². The van der Waals surface area contributed by atoms with E-state index in [1.807, 2.05) is 53.6 Å². The molecule has 7 heteroatoms. The van der Waals surface area contributed by atoms with Gasteiger partial charge >= 0.3 is 0 Å². The largest absolute Gasteiger partial charge is 0.352 e. The molecular weight excluding hydrogens is 429 g/mol. The zero-order valence-corrected chi connectivity index (χ0v) is 19.0. The lowest BCUT2D eigenvalue weighted by molar-refractivity contribution is -0.126. The van der Waals surface area contributed by atoms with E-state index in [1.54, 1.807) is 12.1 Å². The molecule has 0 bridgehead atoms. The van der Waals surface area contributed by atoms with Crippen molar-refractivity contribution in [2.45, 2.75) is 25.9 Å². The number of rotatable bonds is 7. The molecule has 0 saturated carbocycles. The molecule has 0 unspecified atom stereocenters. The first-order valence-corrected chi connectivity index (χ1v) is 11.7. The highest BCUT2D eigenvalue weighted by Crippen LogP contribution is 2.24. The van der Waals surface area contributed by atoms with E-state index in [0.29, 0.717) is 6.54 Å². The van der Waals surface area contributed by atoms with Crippen LogP contribution in [-0.4, -0.2) is 38.2 Å². The Morgan fingerprint density at radius 3 is 2.38 bits per heavy atom. The third-order valence-corrected chi connectivity index (χ3v) is 6.40. The zero-order chi connectivity index (χ0) is 23.3. The second kappa shape index (κ2) is 10.1. The van der Waals surface area contributed by atoms with Crippen molar-refractivity contribution in [3.63, 3.8) is 0 Å². The van der Waals surface area contributed by atoms with E-state index < -0.39 is 0 Å². The molecule has 0 radical (unpaired) electrons. The molecule has 4 aromatic rings. The van der Waals surface area contributed by atoms with Gasteiger partial charge in [-0.25, -0.2) is 9.07 Å². The van der Waals surface area contributed by atoms with E-state index in [4.69, 9.17) is 5.10 Å². The summed E-state index contributed by atoms with van der Waals surface area (Å²) in [5, 5.41) is 7.70. The summed E-state index contributed by atoms with van der Waals surface area (Å²) in [6.07, 6.45) is 7.67. The molecule has 0 aliphatic carbocycles. The van der Waals surface area contributed by atoms with Crippen molar-refractivity contribution >= 4 is 5.91 Å². The second-order valence-electron chi connectivity index (χ2n) is 8.73. The molecule has 0 spiro atoms. The van der Waals surface area contributed by atoms with E-state index in [0.717, 1.165) is 55.1 Å². The monoisotopic (exact) mass is 457 g/mol. The first-order valence-electron chi connectivity index (χ1n) is 11.7. The molecule has 1 aliphatic rings. The molecule has 2 aromatic heterocycles. The third kappa shape index (κ3) is 4.94. The van der Waals surface area contributed by atoms with Crippen LogP contribution in [0.5, 0.6) is 0 Å². The van der Waals surface area contributed by atoms with Crippen molar-refractivity contribution < 1.29 is 9.18 Å². The van der Waals surface area contributed by atoms with Gasteiger partial charge in [0.1, 0.15) is 11.6 Å². The molecule has 34 heavy (non-hydrogen) atoms. The Hall–Kier alpha value is -3.71. The fourth-order valence-electron chi connectivity index (χ4n) is 4.53. The van der Waals surface area contributed by atoms with Crippen LogP contribution in [0.1, 0.15) is 24.0 Å². The molecular formula is C27H28FN5O. The Labute approximate surface area is 198 Å². The third-order valence-electron chi connectivity index (χ3n) is 6.40. The average Bonchev–Trinajstić information content (AvgIpc) is 3.54. The number of halogens is 1. The molecule has 174 valence electrons. The highest BCUT2D eigenvalue weighted by Gasteiger charge is 2.26. The maximum atomic E-state index is 13.1. The summed E-state index contributed by atoms with van der Waals surface area (Å²) in [7, 11) is 0. The first kappa shape index (κ1) is 22.1. The average molecular weight is 458 g/mol. The molecule has 0 atom stereocenters. The standard InChI is InChI=1S/C27H28FN5O/c28-24-10-8-21(9-11-24)18-29-26(34)22-12-16-31(17-13-22)20-23-19-30-33(25-6-2-1-3-7-25)27(23)32-14-4-5-15-32/h1-11,14-15,19,22H,12-13,16-18,20H2,(H,29,34). The number of aromatic nitrogens is 3. The lowest BCUT2D eigenvalue weighted by atomic mass is 9.95. The number of carbonyl (C=O) groups excluding carboxylic acids is 1. The summed E-state index contributed by atoms with van der Waals surface area (Å²) in [4.78, 5) is 15.0. The Balaban J connectivity index is 1.21. The molecule has 2 aromatic carbocycles. The van der Waals surface area contributed by atoms with Crippen molar-refractivity contribution in [2.24, 2.45) is 5.92 Å². The number of benzene rings is 2. The molecule has 1 aliphatic heterocycles. The maximum Gasteiger partial charge on any atom is 0.223 e. The van der Waals surface area contributed by atoms with Crippen LogP contribution in [-0.2, 0) is 17.9 Å². The summed E-state index contributed by atoms with van der Waals surface area (Å²) in [5.74, 6) is 0.855. The first-order chi connectivity index (χ1) is 16.7. The van der Waals surface area contributed by atoms with Gasteiger partial charge in [-0.3, -0.25) is 9.69 Å². The number of amides is 1. The van der Waals surface area contributed by atoms with Gasteiger partial charge in [-0.1, -0.05) is 30.3 Å². The smallest absolute Gasteiger partial charge is 0.223 e. The lowest BCUT2D eigenvalue weighted by Gasteiger charge is -2.31. The Bertz CT molecular complexity index is 1210. The number of piperidine rings is 1. The fraction of sp³-hybridized carbons (Fsp3) is 0.259. The molecule has 5 rings (SSSR count). The van der Waals surface area contributed by atoms with Crippen molar-refractivity contribution in [3.05, 3.63) is 102 Å². The second-order valence-corrected chi connectivity index (χ2v) is 8.73. The number of hydrogen-bond donors (Lipinski definition) is 1. The van der Waals surface area contributed by atoms with Crippen LogP contribution >= 0.6 is 0 Å². The molecule has 6 nitrogen and oxygen atoms in total. The van der Waals surface area contributed by atoms with Crippen molar-refractivity contribution in [2.75, 3.05) is 13.1 Å². The Kier molecular flexibility index (Phi) is 6.53. The van der Waals surface area contributed by atoms with Crippen LogP contribution < -0.4 is 5.32 Å². The van der Waals surface area contributed by atoms with E-state index in [-0.39, 0.29) is 17.6 Å². The quantitative estimate of drug-likeness (QED) is 0.449. The molecule has 1 N–H and O–H groups in total. The normalized spacial score (nSPS) is 14.9. The van der Waals surface area contributed by atoms with Gasteiger partial charge in [0.2, 0.25) is 5.91 Å². The molecule has 1 saturated heterocycles. The minimum absolute atomic E-state index is 0.00709. The van der Waals surface area contributed by atoms with Crippen molar-refractivity contribution in [1.82, 2.24) is 24.6 Å². The van der Waals surface area contributed by atoms with Gasteiger partial charge in [0, 0.05) is 37.0 Å². The van der Waals surface area contributed by atoms with Crippen LogP contribution in [0.25, 0.3) is 11.5 Å². The number of para-hydroxylation sites is 1. The minimum atomic E-state index is -0.267. The van der Waals surface area contributed by atoms with E-state index >= 15 is 0 Å². The van der Waals surface area contributed by atoms with Gasteiger partial charge < -0.3 is 9.88 Å². The molecule has 3 heterocycles. The summed E-state index contributed by atoms with van der Waals surface area (Å²) in [6.45, 7) is 2.93. The Morgan fingerprint density at radius 1 is 0.971 bits per heavy atom. The number of hydrogen-bond acceptors (Lipinski definition) is 3. The molecule has 1 amide bonds. The van der Waals surface area contributed by atoms with Gasteiger partial charge in [0.15, 0.2) is 0 Å². The van der Waals surface area contributed by atoms with Gasteiger partial charge in [-0.15, -0.1) is 0 Å². The highest BCUT2D eigenvalue weighted by molar-refractivity contribution is 5.78. The number of carbonyl (C=O) groups is 1. The number of likely N-dealkylation sites (tertiary alicyclic amines) is 1. The van der Waals surface area contributed by atoms with Gasteiger partial charge in [0.25, 0.3) is 0 Å². The number of nitrogens with zero attached hydrogens (tertiary/aromatic N) is 4. The van der Waals surface area contributed by atoms with Crippen LogP contribution in [0.4, 0.5) is 4.39 Å². The van der Waals surface area contributed by atoms with Crippen LogP contribution in [0.3, 0.4) is 0 Å². The van der Waals surface area contributed by atoms with Gasteiger partial charge in [-0.2, -0.15) is 5.10 Å². The van der Waals surface area contributed by atoms with E-state index in [1.165, 1.54) is 12.1 Å². The van der Waals surface area contributed by atoms with Crippen molar-refractivity contribution in [1.29, 1.82) is 0 Å². The van der Waals surface area contributed by atoms with Gasteiger partial charge in [-0.05, 0) is 67.9 Å². The number of nitrogens with one attached hydrogen (secondary N) is 1. The fourth-order valence-corrected chi connectivity index (χ4v) is 4.53. The van der Waals surface area contributed by atoms with E-state index in [2.05, 4.69) is 26.9 Å². The predicted octanol–water partition coefficient (Wildman–Crippen LogP) is 4.33. The van der Waals surface area contributed by atoms with E-state index in [9.17, 15) is 9.18 Å². The maximum absolute atomic E-state index is 13.1. The topological polar surface area (TPSA) is 55.1 Å². The SMILES string of the molecule is O=C(NCc1ccc(F)cc1)C1CCN(Cc2cnn(-c3ccccc3)c2-n2cccc2)CC1. The highest BCUT2D eigenvalue weighted by atomic mass is 19.1. The van der Waals surface area contributed by atoms with Gasteiger partial charge in [0.05, 0.1) is 11.9 Å². The summed E-state index contributed by atoms with van der Waals surface area (Å²) >= 11 is 0. The Morgan fingerprint density at radius 2 is 1.68 bits per heavy atom. The predicted molar refractivity (Wildman–Crippen MR) is 129 cm³/mol. The minimum Gasteiger partial charge on any atom is -0.352 e. The summed E-state index contributed by atoms with van der Waals surface area (Å²) in [6, 6.07) is 20.4. The summed E-state index contributed by atoms with van der Waals surface area (Å²) < 4.78 is 17.1. The van der Waals surface area contributed by atoms with Crippen molar-refractivity contribution in [3.8, 4) is 11.5 Å². The van der Waals surface area contributed by atoms with Crippen LogP contribution in [0, 0.1) is 11.7 Å². The summed E-state index contributed by atoms with van der Waals surface area (Å²) in [5.41, 5.74) is 3.08.